The van der Waals surface area contributed by atoms with E-state index in [2.05, 4.69) is 36.1 Å². The minimum Gasteiger partial charge on any atom is -0.362 e. The van der Waals surface area contributed by atoms with Crippen LogP contribution in [0.2, 0.25) is 5.02 Å². The summed E-state index contributed by atoms with van der Waals surface area (Å²) in [5.41, 5.74) is 2.65. The van der Waals surface area contributed by atoms with Crippen molar-refractivity contribution in [1.29, 1.82) is 0 Å². The Morgan fingerprint density at radius 1 is 0.953 bits per heavy atom. The first-order valence-corrected chi connectivity index (χ1v) is 17.5. The van der Waals surface area contributed by atoms with Crippen LogP contribution in [0.25, 0.3) is 0 Å². The van der Waals surface area contributed by atoms with Gasteiger partial charge in [-0.05, 0) is 98.1 Å². The maximum atomic E-state index is 14.0. The lowest BCUT2D eigenvalue weighted by atomic mass is 9.69. The number of piperidine rings is 1. The normalized spacial score (nSPS) is 28.1. The molecule has 1 saturated carbocycles. The summed E-state index contributed by atoms with van der Waals surface area (Å²) in [4.78, 5) is 18.0. The van der Waals surface area contributed by atoms with E-state index < -0.39 is 15.8 Å². The van der Waals surface area contributed by atoms with Crippen LogP contribution in [0.3, 0.4) is 0 Å². The first-order chi connectivity index (χ1) is 20.6. The molecule has 4 fully saturated rings. The third-order valence-corrected chi connectivity index (χ3v) is 12.7. The molecule has 7 rings (SSSR count). The zero-order valence-electron chi connectivity index (χ0n) is 24.6. The Morgan fingerprint density at radius 3 is 2.30 bits per heavy atom. The van der Waals surface area contributed by atoms with Gasteiger partial charge in [-0.15, -0.1) is 0 Å². The molecule has 2 bridgehead atoms. The van der Waals surface area contributed by atoms with Gasteiger partial charge in [0.2, 0.25) is 10.0 Å². The van der Waals surface area contributed by atoms with Gasteiger partial charge in [0.05, 0.1) is 15.5 Å². The SMILES string of the molecule is CC1(C2CCN(S(=O)(=O)c3ccc(C4CC4)c(N4C5CCC4CN(C(=O)c4ccc(F)cc4Cl)C5)c3)CC2)C=CC=CC1. The molecule has 3 atom stereocenters. The summed E-state index contributed by atoms with van der Waals surface area (Å²) >= 11 is 6.23. The number of fused-ring (bicyclic) bond motifs is 2. The minimum atomic E-state index is -3.64. The fraction of sp³-hybridized carbons (Fsp3) is 0.500. The first kappa shape index (κ1) is 29.1. The van der Waals surface area contributed by atoms with Crippen LogP contribution in [-0.4, -0.2) is 61.8 Å². The number of piperazine rings is 1. The standard InChI is InChI=1S/C34H39ClFN3O3S/c1-34(15-3-2-4-16-34)24-13-17-38(18-14-24)43(41,42)28-10-12-29(23-5-6-23)32(20-28)39-26-8-9-27(39)22-37(21-26)33(40)30-11-7-25(36)19-31(30)35/h2-4,7,10-12,15,19-20,23-24,26-27H,5-6,8-9,13-14,16-18,21-22H2,1H3. The first-order valence-electron chi connectivity index (χ1n) is 15.7. The van der Waals surface area contributed by atoms with Crippen molar-refractivity contribution >= 4 is 33.2 Å². The predicted molar refractivity (Wildman–Crippen MR) is 168 cm³/mol. The molecule has 43 heavy (non-hydrogen) atoms. The highest BCUT2D eigenvalue weighted by atomic mass is 35.5. The van der Waals surface area contributed by atoms with Crippen LogP contribution in [-0.2, 0) is 10.0 Å². The smallest absolute Gasteiger partial charge is 0.255 e. The molecular weight excluding hydrogens is 585 g/mol. The van der Waals surface area contributed by atoms with Crippen molar-refractivity contribution in [3.8, 4) is 0 Å². The molecule has 9 heteroatoms. The Kier molecular flexibility index (Phi) is 7.46. The minimum absolute atomic E-state index is 0.0893. The van der Waals surface area contributed by atoms with E-state index >= 15 is 0 Å². The summed E-state index contributed by atoms with van der Waals surface area (Å²) in [5.74, 6) is 0.272. The summed E-state index contributed by atoms with van der Waals surface area (Å²) in [5, 5.41) is 0.124. The lowest BCUT2D eigenvalue weighted by molar-refractivity contribution is 0.0718. The van der Waals surface area contributed by atoms with Gasteiger partial charge in [-0.2, -0.15) is 4.31 Å². The number of benzene rings is 2. The molecule has 0 radical (unpaired) electrons. The van der Waals surface area contributed by atoms with Gasteiger partial charge in [0.1, 0.15) is 5.82 Å². The van der Waals surface area contributed by atoms with E-state index in [0.717, 1.165) is 50.6 Å². The Bertz CT molecular complexity index is 1580. The number of likely N-dealkylation sites (tertiary alicyclic amines) is 1. The summed E-state index contributed by atoms with van der Waals surface area (Å²) in [6.45, 7) is 4.43. The van der Waals surface area contributed by atoms with Crippen molar-refractivity contribution in [2.75, 3.05) is 31.1 Å². The number of hydrogen-bond acceptors (Lipinski definition) is 4. The van der Waals surface area contributed by atoms with Gasteiger partial charge in [0.15, 0.2) is 0 Å². The Morgan fingerprint density at radius 2 is 1.67 bits per heavy atom. The fourth-order valence-corrected chi connectivity index (χ4v) is 9.63. The largest absolute Gasteiger partial charge is 0.362 e. The van der Waals surface area contributed by atoms with Gasteiger partial charge in [0.25, 0.3) is 5.91 Å². The summed E-state index contributed by atoms with van der Waals surface area (Å²) in [7, 11) is -3.64. The van der Waals surface area contributed by atoms with E-state index in [9.17, 15) is 17.6 Å². The summed E-state index contributed by atoms with van der Waals surface area (Å²) in [6.07, 6.45) is 15.5. The van der Waals surface area contributed by atoms with E-state index in [1.165, 1.54) is 23.8 Å². The summed E-state index contributed by atoms with van der Waals surface area (Å²) < 4.78 is 43.3. The zero-order valence-corrected chi connectivity index (χ0v) is 26.2. The van der Waals surface area contributed by atoms with Crippen molar-refractivity contribution < 1.29 is 17.6 Å². The number of carbonyl (C=O) groups is 1. The number of nitrogens with zero attached hydrogens (tertiary/aromatic N) is 3. The van der Waals surface area contributed by atoms with Gasteiger partial charge in [0, 0.05) is 44.0 Å². The van der Waals surface area contributed by atoms with Crippen molar-refractivity contribution in [2.24, 2.45) is 11.3 Å². The van der Waals surface area contributed by atoms with Crippen LogP contribution < -0.4 is 4.90 Å². The molecule has 6 nitrogen and oxygen atoms in total. The highest BCUT2D eigenvalue weighted by molar-refractivity contribution is 7.89. The predicted octanol–water partition coefficient (Wildman–Crippen LogP) is 6.77. The number of rotatable bonds is 6. The Hall–Kier alpha value is -2.68. The molecule has 3 unspecified atom stereocenters. The maximum absolute atomic E-state index is 14.0. The van der Waals surface area contributed by atoms with Crippen LogP contribution in [0.15, 0.2) is 65.6 Å². The topological polar surface area (TPSA) is 60.9 Å². The van der Waals surface area contributed by atoms with Gasteiger partial charge >= 0.3 is 0 Å². The maximum Gasteiger partial charge on any atom is 0.255 e. The quantitative estimate of drug-likeness (QED) is 0.356. The van der Waals surface area contributed by atoms with Crippen LogP contribution in [0.5, 0.6) is 0 Å². The molecule has 3 saturated heterocycles. The molecule has 1 amide bonds. The third kappa shape index (κ3) is 5.33. The molecule has 228 valence electrons. The average Bonchev–Trinajstić information content (AvgIpc) is 3.81. The molecule has 3 aliphatic heterocycles. The molecule has 3 heterocycles. The van der Waals surface area contributed by atoms with Crippen LogP contribution in [0, 0.1) is 17.2 Å². The number of allylic oxidation sites excluding steroid dienone is 4. The molecule has 0 N–H and O–H groups in total. The number of hydrogen-bond donors (Lipinski definition) is 0. The molecule has 2 aromatic carbocycles. The van der Waals surface area contributed by atoms with Crippen molar-refractivity contribution in [1.82, 2.24) is 9.21 Å². The number of carbonyl (C=O) groups excluding carboxylic acids is 1. The molecular formula is C34H39ClFN3O3S. The second-order valence-corrected chi connectivity index (χ2v) is 15.6. The Labute approximate surface area is 259 Å². The monoisotopic (exact) mass is 623 g/mol. The Balaban J connectivity index is 1.11. The van der Waals surface area contributed by atoms with Crippen molar-refractivity contribution in [2.45, 2.75) is 74.8 Å². The fourth-order valence-electron chi connectivity index (χ4n) is 7.89. The highest BCUT2D eigenvalue weighted by Gasteiger charge is 2.44. The molecule has 2 aliphatic carbocycles. The zero-order chi connectivity index (χ0) is 29.9. The number of halogens is 2. The van der Waals surface area contributed by atoms with E-state index in [0.29, 0.717) is 48.5 Å². The average molecular weight is 624 g/mol. The molecule has 0 spiro atoms. The second kappa shape index (κ2) is 11.0. The van der Waals surface area contributed by atoms with Gasteiger partial charge in [-0.25, -0.2) is 12.8 Å². The number of sulfonamides is 1. The van der Waals surface area contributed by atoms with Crippen LogP contribution in [0.4, 0.5) is 10.1 Å². The van der Waals surface area contributed by atoms with E-state index in [4.69, 9.17) is 11.6 Å². The van der Waals surface area contributed by atoms with E-state index in [-0.39, 0.29) is 28.4 Å². The third-order valence-electron chi connectivity index (χ3n) is 10.5. The van der Waals surface area contributed by atoms with Crippen LogP contribution >= 0.6 is 11.6 Å². The molecule has 0 aromatic heterocycles. The molecule has 2 aromatic rings. The van der Waals surface area contributed by atoms with Crippen molar-refractivity contribution in [3.63, 3.8) is 0 Å². The van der Waals surface area contributed by atoms with Gasteiger partial charge in [-0.1, -0.05) is 48.9 Å². The van der Waals surface area contributed by atoms with Crippen LogP contribution in [0.1, 0.15) is 73.7 Å². The summed E-state index contributed by atoms with van der Waals surface area (Å²) in [6, 6.07) is 9.86. The van der Waals surface area contributed by atoms with E-state index in [1.54, 1.807) is 4.31 Å². The highest BCUT2D eigenvalue weighted by Crippen LogP contribution is 2.48. The lowest BCUT2D eigenvalue weighted by Gasteiger charge is -2.43. The molecule has 5 aliphatic rings. The number of anilines is 1. The van der Waals surface area contributed by atoms with Crippen molar-refractivity contribution in [3.05, 3.63) is 82.7 Å². The lowest BCUT2D eigenvalue weighted by Crippen LogP contribution is -2.55. The van der Waals surface area contributed by atoms with E-state index in [1.807, 2.05) is 23.1 Å². The van der Waals surface area contributed by atoms with Gasteiger partial charge < -0.3 is 9.80 Å². The van der Waals surface area contributed by atoms with Gasteiger partial charge in [-0.3, -0.25) is 4.79 Å². The number of amides is 1. The second-order valence-electron chi connectivity index (χ2n) is 13.3.